The van der Waals surface area contributed by atoms with Gasteiger partial charge in [-0.1, -0.05) is 11.6 Å². The van der Waals surface area contributed by atoms with Crippen molar-refractivity contribution >= 4 is 28.9 Å². The van der Waals surface area contributed by atoms with Gasteiger partial charge in [0.05, 0.1) is 0 Å². The number of anilines is 2. The number of amides is 1. The van der Waals surface area contributed by atoms with Crippen LogP contribution in [-0.4, -0.2) is 5.91 Å². The van der Waals surface area contributed by atoms with Gasteiger partial charge in [-0.15, -0.1) is 0 Å². The Labute approximate surface area is 117 Å². The van der Waals surface area contributed by atoms with Gasteiger partial charge in [0.2, 0.25) is 0 Å². The number of carbonyl (C=O) groups excluding carboxylic acids is 1. The highest BCUT2D eigenvalue weighted by Crippen LogP contribution is 2.19. The second-order valence-electron chi connectivity index (χ2n) is 4.48. The summed E-state index contributed by atoms with van der Waals surface area (Å²) in [4.78, 5) is 12.2. The number of hydrogen-bond acceptors (Lipinski definition) is 2. The fraction of sp³-hybridized carbons (Fsp3) is 0.133. The zero-order chi connectivity index (χ0) is 14.0. The number of halogens is 1. The van der Waals surface area contributed by atoms with Crippen molar-refractivity contribution in [2.45, 2.75) is 13.8 Å². The molecule has 0 bridgehead atoms. The SMILES string of the molecule is Cc1cc(NC(=O)c2ccc(Cl)cc2C)ccc1N. The molecule has 0 aliphatic carbocycles. The van der Waals surface area contributed by atoms with Gasteiger partial charge in [0.15, 0.2) is 0 Å². The smallest absolute Gasteiger partial charge is 0.255 e. The fourth-order valence-corrected chi connectivity index (χ4v) is 2.06. The lowest BCUT2D eigenvalue weighted by molar-refractivity contribution is 0.102. The van der Waals surface area contributed by atoms with Gasteiger partial charge < -0.3 is 11.1 Å². The lowest BCUT2D eigenvalue weighted by atomic mass is 10.1. The molecule has 1 amide bonds. The third-order valence-corrected chi connectivity index (χ3v) is 3.20. The molecule has 0 aliphatic heterocycles. The van der Waals surface area contributed by atoms with Crippen LogP contribution in [0.3, 0.4) is 0 Å². The van der Waals surface area contributed by atoms with Crippen molar-refractivity contribution in [3.63, 3.8) is 0 Å². The molecule has 0 aliphatic rings. The van der Waals surface area contributed by atoms with E-state index in [2.05, 4.69) is 5.32 Å². The quantitative estimate of drug-likeness (QED) is 0.819. The monoisotopic (exact) mass is 274 g/mol. The van der Waals surface area contributed by atoms with E-state index in [1.807, 2.05) is 19.9 Å². The highest BCUT2D eigenvalue weighted by atomic mass is 35.5. The van der Waals surface area contributed by atoms with Crippen LogP contribution in [0.25, 0.3) is 0 Å². The highest BCUT2D eigenvalue weighted by molar-refractivity contribution is 6.30. The van der Waals surface area contributed by atoms with E-state index in [1.54, 1.807) is 30.3 Å². The first-order chi connectivity index (χ1) is 8.97. The summed E-state index contributed by atoms with van der Waals surface area (Å²) in [5.41, 5.74) is 9.57. The lowest BCUT2D eigenvalue weighted by Crippen LogP contribution is -2.13. The molecule has 2 rings (SSSR count). The van der Waals surface area contributed by atoms with Gasteiger partial charge in [0.25, 0.3) is 5.91 Å². The first-order valence-electron chi connectivity index (χ1n) is 5.91. The molecule has 0 saturated heterocycles. The first-order valence-corrected chi connectivity index (χ1v) is 6.29. The Bertz CT molecular complexity index is 638. The van der Waals surface area contributed by atoms with Gasteiger partial charge >= 0.3 is 0 Å². The Hall–Kier alpha value is -2.00. The highest BCUT2D eigenvalue weighted by Gasteiger charge is 2.09. The fourth-order valence-electron chi connectivity index (χ4n) is 1.83. The van der Waals surface area contributed by atoms with E-state index in [0.29, 0.717) is 16.3 Å². The third-order valence-electron chi connectivity index (χ3n) is 2.96. The molecule has 2 aromatic carbocycles. The summed E-state index contributed by atoms with van der Waals surface area (Å²) in [7, 11) is 0. The number of benzene rings is 2. The van der Waals surface area contributed by atoms with Gasteiger partial charge in [-0.3, -0.25) is 4.79 Å². The van der Waals surface area contributed by atoms with Gasteiger partial charge in [-0.2, -0.15) is 0 Å². The van der Waals surface area contributed by atoms with Crippen molar-refractivity contribution in [3.05, 3.63) is 58.1 Å². The molecule has 0 heterocycles. The third kappa shape index (κ3) is 3.06. The van der Waals surface area contributed by atoms with Crippen LogP contribution in [0.5, 0.6) is 0 Å². The number of carbonyl (C=O) groups is 1. The largest absolute Gasteiger partial charge is 0.399 e. The van der Waals surface area contributed by atoms with E-state index in [1.165, 1.54) is 0 Å². The normalized spacial score (nSPS) is 10.3. The minimum absolute atomic E-state index is 0.154. The maximum Gasteiger partial charge on any atom is 0.255 e. The predicted molar refractivity (Wildman–Crippen MR) is 79.7 cm³/mol. The Kier molecular flexibility index (Phi) is 3.76. The number of aryl methyl sites for hydroxylation is 2. The molecule has 2 aromatic rings. The molecular weight excluding hydrogens is 260 g/mol. The molecule has 0 atom stereocenters. The van der Waals surface area contributed by atoms with E-state index in [-0.39, 0.29) is 5.91 Å². The maximum atomic E-state index is 12.2. The zero-order valence-corrected chi connectivity index (χ0v) is 11.6. The summed E-state index contributed by atoms with van der Waals surface area (Å²) < 4.78 is 0. The lowest BCUT2D eigenvalue weighted by Gasteiger charge is -2.09. The molecule has 19 heavy (non-hydrogen) atoms. The molecule has 0 unspecified atom stereocenters. The molecule has 0 fully saturated rings. The molecule has 0 saturated carbocycles. The topological polar surface area (TPSA) is 55.1 Å². The van der Waals surface area contributed by atoms with Gasteiger partial charge in [-0.25, -0.2) is 0 Å². The van der Waals surface area contributed by atoms with Crippen LogP contribution in [-0.2, 0) is 0 Å². The molecule has 98 valence electrons. The Balaban J connectivity index is 2.23. The molecule has 3 nitrogen and oxygen atoms in total. The molecule has 0 radical (unpaired) electrons. The molecule has 0 spiro atoms. The van der Waals surface area contributed by atoms with E-state index >= 15 is 0 Å². The Morgan fingerprint density at radius 2 is 1.84 bits per heavy atom. The van der Waals surface area contributed by atoms with Crippen LogP contribution >= 0.6 is 11.6 Å². The zero-order valence-electron chi connectivity index (χ0n) is 10.8. The second kappa shape index (κ2) is 5.33. The van der Waals surface area contributed by atoms with E-state index < -0.39 is 0 Å². The van der Waals surface area contributed by atoms with Crippen molar-refractivity contribution in [1.82, 2.24) is 0 Å². The summed E-state index contributed by atoms with van der Waals surface area (Å²) in [6, 6.07) is 10.6. The molecular formula is C15H15ClN2O. The van der Waals surface area contributed by atoms with Gasteiger partial charge in [-0.05, 0) is 61.4 Å². The van der Waals surface area contributed by atoms with Crippen LogP contribution in [0.2, 0.25) is 5.02 Å². The Morgan fingerprint density at radius 1 is 1.11 bits per heavy atom. The van der Waals surface area contributed by atoms with Crippen LogP contribution in [0.4, 0.5) is 11.4 Å². The summed E-state index contributed by atoms with van der Waals surface area (Å²) in [5.74, 6) is -0.154. The summed E-state index contributed by atoms with van der Waals surface area (Å²) in [6.45, 7) is 3.76. The standard InChI is InChI=1S/C15H15ClN2O/c1-9-7-11(16)3-5-13(9)15(19)18-12-4-6-14(17)10(2)8-12/h3-8H,17H2,1-2H3,(H,18,19). The van der Waals surface area contributed by atoms with Crippen molar-refractivity contribution in [1.29, 1.82) is 0 Å². The number of nitrogens with one attached hydrogen (secondary N) is 1. The van der Waals surface area contributed by atoms with E-state index in [9.17, 15) is 4.79 Å². The summed E-state index contributed by atoms with van der Waals surface area (Å²) in [5, 5.41) is 3.47. The molecule has 4 heteroatoms. The predicted octanol–water partition coefficient (Wildman–Crippen LogP) is 3.79. The molecule has 0 aromatic heterocycles. The number of nitrogen functional groups attached to an aromatic ring is 1. The van der Waals surface area contributed by atoms with E-state index in [4.69, 9.17) is 17.3 Å². The molecule has 3 N–H and O–H groups in total. The first kappa shape index (κ1) is 13.4. The minimum Gasteiger partial charge on any atom is -0.399 e. The van der Waals surface area contributed by atoms with Crippen molar-refractivity contribution in [3.8, 4) is 0 Å². The van der Waals surface area contributed by atoms with Crippen molar-refractivity contribution in [2.75, 3.05) is 11.1 Å². The van der Waals surface area contributed by atoms with Crippen LogP contribution in [0.1, 0.15) is 21.5 Å². The maximum absolute atomic E-state index is 12.2. The van der Waals surface area contributed by atoms with Crippen molar-refractivity contribution < 1.29 is 4.79 Å². The average Bonchev–Trinajstić information content (AvgIpc) is 2.33. The Morgan fingerprint density at radius 3 is 2.47 bits per heavy atom. The van der Waals surface area contributed by atoms with E-state index in [0.717, 1.165) is 16.8 Å². The number of nitrogens with two attached hydrogens (primary N) is 1. The van der Waals surface area contributed by atoms with Crippen LogP contribution in [0.15, 0.2) is 36.4 Å². The van der Waals surface area contributed by atoms with Crippen LogP contribution in [0, 0.1) is 13.8 Å². The number of hydrogen-bond donors (Lipinski definition) is 2. The number of rotatable bonds is 2. The van der Waals surface area contributed by atoms with Crippen molar-refractivity contribution in [2.24, 2.45) is 0 Å². The second-order valence-corrected chi connectivity index (χ2v) is 4.92. The van der Waals surface area contributed by atoms with Gasteiger partial charge in [0, 0.05) is 22.0 Å². The summed E-state index contributed by atoms with van der Waals surface area (Å²) in [6.07, 6.45) is 0. The minimum atomic E-state index is -0.154. The summed E-state index contributed by atoms with van der Waals surface area (Å²) >= 11 is 5.87. The van der Waals surface area contributed by atoms with Gasteiger partial charge in [0.1, 0.15) is 0 Å². The average molecular weight is 275 g/mol. The van der Waals surface area contributed by atoms with Crippen LogP contribution < -0.4 is 11.1 Å².